The van der Waals surface area contributed by atoms with Crippen molar-refractivity contribution in [3.8, 4) is 33.8 Å². The van der Waals surface area contributed by atoms with E-state index in [0.717, 1.165) is 33.8 Å². The molecule has 2 aliphatic rings. The first-order chi connectivity index (χ1) is 13.2. The average molecular weight is 358 g/mol. The highest BCUT2D eigenvalue weighted by atomic mass is 16.5. The highest BCUT2D eigenvalue weighted by Gasteiger charge is 2.22. The lowest BCUT2D eigenvalue weighted by molar-refractivity contribution is 0.0602. The number of esters is 1. The standard InChI is InChI=1S/C22H18N2O3/c1-26-16-10-8-15(9-11-16)24-13-12-21(23-24)19-14-20(22(25)27-2)18-7-5-3-4-6-17(18)19/h3-14H,1-2H3. The van der Waals surface area contributed by atoms with E-state index in [1.807, 2.05) is 72.9 Å². The van der Waals surface area contributed by atoms with Crippen LogP contribution in [0, 0.1) is 0 Å². The molecule has 0 spiro atoms. The van der Waals surface area contributed by atoms with Crippen molar-refractivity contribution in [3.05, 3.63) is 78.5 Å². The second-order valence-corrected chi connectivity index (χ2v) is 6.04. The Morgan fingerprint density at radius 2 is 1.63 bits per heavy atom. The van der Waals surface area contributed by atoms with Crippen molar-refractivity contribution >= 4 is 5.97 Å². The number of fused-ring (bicyclic) bond motifs is 1. The number of carbonyl (C=O) groups is 1. The third-order valence-electron chi connectivity index (χ3n) is 4.51. The third kappa shape index (κ3) is 3.04. The molecule has 27 heavy (non-hydrogen) atoms. The smallest absolute Gasteiger partial charge is 0.338 e. The lowest BCUT2D eigenvalue weighted by Gasteiger charge is -2.03. The molecule has 1 aromatic heterocycles. The van der Waals surface area contributed by atoms with Crippen LogP contribution in [0.25, 0.3) is 28.1 Å². The van der Waals surface area contributed by atoms with Gasteiger partial charge in [0.05, 0.1) is 31.2 Å². The van der Waals surface area contributed by atoms with Gasteiger partial charge in [-0.2, -0.15) is 5.10 Å². The fourth-order valence-electron chi connectivity index (χ4n) is 3.15. The summed E-state index contributed by atoms with van der Waals surface area (Å²) in [6, 6.07) is 21.2. The largest absolute Gasteiger partial charge is 0.497 e. The molecule has 5 heteroatoms. The topological polar surface area (TPSA) is 53.4 Å². The summed E-state index contributed by atoms with van der Waals surface area (Å²) in [5.41, 5.74) is 4.96. The quantitative estimate of drug-likeness (QED) is 0.506. The Labute approximate surface area is 157 Å². The van der Waals surface area contributed by atoms with E-state index in [0.29, 0.717) is 5.56 Å². The van der Waals surface area contributed by atoms with E-state index >= 15 is 0 Å². The van der Waals surface area contributed by atoms with Gasteiger partial charge in [0.15, 0.2) is 0 Å². The van der Waals surface area contributed by atoms with Crippen LogP contribution in [-0.4, -0.2) is 30.0 Å². The van der Waals surface area contributed by atoms with E-state index < -0.39 is 0 Å². The molecular formula is C22H18N2O3. The summed E-state index contributed by atoms with van der Waals surface area (Å²) in [7, 11) is 3.03. The Morgan fingerprint density at radius 1 is 0.889 bits per heavy atom. The van der Waals surface area contributed by atoms with Crippen LogP contribution < -0.4 is 4.74 Å². The van der Waals surface area contributed by atoms with Crippen molar-refractivity contribution in [3.63, 3.8) is 0 Å². The van der Waals surface area contributed by atoms with Gasteiger partial charge >= 0.3 is 5.97 Å². The van der Waals surface area contributed by atoms with Gasteiger partial charge in [0.25, 0.3) is 0 Å². The van der Waals surface area contributed by atoms with Crippen LogP contribution in [0.1, 0.15) is 10.4 Å². The Bertz CT molecular complexity index is 1070. The summed E-state index contributed by atoms with van der Waals surface area (Å²) in [5.74, 6) is 0.440. The molecule has 0 bridgehead atoms. The highest BCUT2D eigenvalue weighted by molar-refractivity contribution is 6.04. The molecule has 0 amide bonds. The fourth-order valence-corrected chi connectivity index (χ4v) is 3.15. The summed E-state index contributed by atoms with van der Waals surface area (Å²) in [4.78, 5) is 12.2. The Kier molecular flexibility index (Phi) is 4.34. The molecule has 1 heterocycles. The zero-order chi connectivity index (χ0) is 18.8. The maximum Gasteiger partial charge on any atom is 0.338 e. The SMILES string of the molecule is COC(=O)c1cc(-c2ccn(-c3ccc(OC)cc3)n2)c2cccccc1-2. The summed E-state index contributed by atoms with van der Waals surface area (Å²) >= 11 is 0. The molecule has 0 saturated heterocycles. The molecule has 1 aromatic carbocycles. The second-order valence-electron chi connectivity index (χ2n) is 6.04. The summed E-state index contributed by atoms with van der Waals surface area (Å²) in [6.45, 7) is 0. The minimum absolute atomic E-state index is 0.355. The molecule has 0 N–H and O–H groups in total. The van der Waals surface area contributed by atoms with Crippen molar-refractivity contribution in [1.82, 2.24) is 9.78 Å². The number of hydrogen-bond acceptors (Lipinski definition) is 4. The minimum Gasteiger partial charge on any atom is -0.497 e. The molecule has 2 aromatic rings. The lowest BCUT2D eigenvalue weighted by Crippen LogP contribution is -1.99. The molecule has 4 rings (SSSR count). The number of aromatic nitrogens is 2. The van der Waals surface area contributed by atoms with Gasteiger partial charge in [0.1, 0.15) is 5.75 Å². The first-order valence-corrected chi connectivity index (χ1v) is 8.52. The van der Waals surface area contributed by atoms with Gasteiger partial charge < -0.3 is 9.47 Å². The Morgan fingerprint density at radius 3 is 2.33 bits per heavy atom. The first kappa shape index (κ1) is 16.8. The molecular weight excluding hydrogens is 340 g/mol. The lowest BCUT2D eigenvalue weighted by atomic mass is 10.1. The van der Waals surface area contributed by atoms with Gasteiger partial charge in [0, 0.05) is 11.8 Å². The van der Waals surface area contributed by atoms with Crippen LogP contribution in [-0.2, 0) is 4.74 Å². The van der Waals surface area contributed by atoms with Crippen LogP contribution in [0.5, 0.6) is 5.75 Å². The van der Waals surface area contributed by atoms with E-state index in [9.17, 15) is 4.79 Å². The molecule has 5 nitrogen and oxygen atoms in total. The molecule has 0 fully saturated rings. The summed E-state index contributed by atoms with van der Waals surface area (Å²) < 4.78 is 11.9. The maximum absolute atomic E-state index is 12.2. The molecule has 0 aliphatic heterocycles. The number of methoxy groups -OCH3 is 2. The number of benzene rings is 1. The van der Waals surface area contributed by atoms with Crippen LogP contribution >= 0.6 is 0 Å². The number of nitrogens with zero attached hydrogens (tertiary/aromatic N) is 2. The average Bonchev–Trinajstić information content (AvgIpc) is 3.25. The maximum atomic E-state index is 12.2. The third-order valence-corrected chi connectivity index (χ3v) is 4.51. The van der Waals surface area contributed by atoms with E-state index in [2.05, 4.69) is 0 Å². The number of ether oxygens (including phenoxy) is 2. The number of hydrogen-bond donors (Lipinski definition) is 0. The fraction of sp³-hybridized carbons (Fsp3) is 0.0909. The van der Waals surface area contributed by atoms with Gasteiger partial charge in [-0.25, -0.2) is 9.48 Å². The normalized spacial score (nSPS) is 10.7. The molecule has 2 aliphatic carbocycles. The Hall–Kier alpha value is -3.60. The van der Waals surface area contributed by atoms with Crippen molar-refractivity contribution in [2.45, 2.75) is 0 Å². The zero-order valence-corrected chi connectivity index (χ0v) is 15.0. The first-order valence-electron chi connectivity index (χ1n) is 8.52. The van der Waals surface area contributed by atoms with E-state index in [4.69, 9.17) is 14.6 Å². The van der Waals surface area contributed by atoms with E-state index in [1.54, 1.807) is 11.8 Å². The van der Waals surface area contributed by atoms with Gasteiger partial charge in [-0.1, -0.05) is 30.3 Å². The van der Waals surface area contributed by atoms with Gasteiger partial charge in [0.2, 0.25) is 0 Å². The number of carbonyl (C=O) groups excluding carboxylic acids is 1. The molecule has 134 valence electrons. The zero-order valence-electron chi connectivity index (χ0n) is 15.0. The van der Waals surface area contributed by atoms with Gasteiger partial charge in [-0.3, -0.25) is 0 Å². The van der Waals surface area contributed by atoms with Crippen LogP contribution in [0.15, 0.2) is 72.9 Å². The van der Waals surface area contributed by atoms with Gasteiger partial charge in [-0.05, 0) is 47.5 Å². The molecule has 0 saturated carbocycles. The van der Waals surface area contributed by atoms with Gasteiger partial charge in [-0.15, -0.1) is 0 Å². The van der Waals surface area contributed by atoms with Crippen molar-refractivity contribution < 1.29 is 14.3 Å². The molecule has 0 atom stereocenters. The van der Waals surface area contributed by atoms with Crippen LogP contribution in [0.2, 0.25) is 0 Å². The predicted molar refractivity (Wildman–Crippen MR) is 104 cm³/mol. The van der Waals surface area contributed by atoms with E-state index in [1.165, 1.54) is 7.11 Å². The highest BCUT2D eigenvalue weighted by Crippen LogP contribution is 2.38. The van der Waals surface area contributed by atoms with Crippen molar-refractivity contribution in [1.29, 1.82) is 0 Å². The molecule has 0 radical (unpaired) electrons. The second kappa shape index (κ2) is 6.96. The van der Waals surface area contributed by atoms with Crippen molar-refractivity contribution in [2.75, 3.05) is 14.2 Å². The monoisotopic (exact) mass is 358 g/mol. The summed E-state index contributed by atoms with van der Waals surface area (Å²) in [6.07, 6.45) is 1.90. The van der Waals surface area contributed by atoms with Crippen LogP contribution in [0.4, 0.5) is 0 Å². The predicted octanol–water partition coefficient (Wildman–Crippen LogP) is 4.44. The minimum atomic E-state index is -0.355. The number of rotatable bonds is 4. The Balaban J connectivity index is 1.79. The van der Waals surface area contributed by atoms with Crippen LogP contribution in [0.3, 0.4) is 0 Å². The van der Waals surface area contributed by atoms with E-state index in [-0.39, 0.29) is 5.97 Å². The van der Waals surface area contributed by atoms with Crippen molar-refractivity contribution in [2.24, 2.45) is 0 Å². The molecule has 0 unspecified atom stereocenters. The summed E-state index contributed by atoms with van der Waals surface area (Å²) in [5, 5.41) is 4.70.